The zero-order valence-electron chi connectivity index (χ0n) is 14.3. The van der Waals surface area contributed by atoms with Gasteiger partial charge in [-0.2, -0.15) is 5.10 Å². The van der Waals surface area contributed by atoms with Crippen molar-refractivity contribution in [3.63, 3.8) is 0 Å². The van der Waals surface area contributed by atoms with Crippen LogP contribution in [-0.4, -0.2) is 21.5 Å². The van der Waals surface area contributed by atoms with Crippen LogP contribution in [0.1, 0.15) is 59.8 Å². The highest BCUT2D eigenvalue weighted by Crippen LogP contribution is 2.37. The first kappa shape index (κ1) is 16.2. The zero-order valence-corrected chi connectivity index (χ0v) is 14.3. The van der Waals surface area contributed by atoms with Gasteiger partial charge in [0.2, 0.25) is 0 Å². The maximum absolute atomic E-state index is 9.14. The Bertz CT molecular complexity index is 677. The van der Waals surface area contributed by atoms with E-state index in [1.807, 2.05) is 4.68 Å². The van der Waals surface area contributed by atoms with Crippen LogP contribution in [0.2, 0.25) is 0 Å². The van der Waals surface area contributed by atoms with Crippen molar-refractivity contribution in [1.82, 2.24) is 15.1 Å². The minimum atomic E-state index is 0.128. The number of hydrogen-bond donors (Lipinski definition) is 2. The van der Waals surface area contributed by atoms with E-state index in [4.69, 9.17) is 5.11 Å². The maximum Gasteiger partial charge on any atom is 0.0644 e. The van der Waals surface area contributed by atoms with Gasteiger partial charge in [0.15, 0.2) is 0 Å². The van der Waals surface area contributed by atoms with Gasteiger partial charge in [-0.3, -0.25) is 4.68 Å². The summed E-state index contributed by atoms with van der Waals surface area (Å²) in [5.41, 5.74) is 6.40. The summed E-state index contributed by atoms with van der Waals surface area (Å²) in [6, 6.07) is 9.23. The summed E-state index contributed by atoms with van der Waals surface area (Å²) < 4.78 is 1.91. The van der Waals surface area contributed by atoms with Crippen molar-refractivity contribution in [2.24, 2.45) is 0 Å². The van der Waals surface area contributed by atoms with Crippen molar-refractivity contribution in [2.45, 2.75) is 58.7 Å². The van der Waals surface area contributed by atoms with Crippen LogP contribution in [0.15, 0.2) is 24.3 Å². The second kappa shape index (κ2) is 6.85. The number of rotatable bonds is 5. The number of aliphatic hydroxyl groups is 1. The van der Waals surface area contributed by atoms with Crippen molar-refractivity contribution in [1.29, 1.82) is 0 Å². The third kappa shape index (κ3) is 3.19. The fourth-order valence-corrected chi connectivity index (χ4v) is 3.74. The van der Waals surface area contributed by atoms with Crippen LogP contribution in [0.3, 0.4) is 0 Å². The number of aliphatic hydroxyl groups excluding tert-OH is 1. The minimum absolute atomic E-state index is 0.128. The first-order chi connectivity index (χ1) is 11.1. The van der Waals surface area contributed by atoms with E-state index in [0.29, 0.717) is 18.5 Å². The molecule has 1 aliphatic rings. The molecule has 4 nitrogen and oxygen atoms in total. The highest BCUT2D eigenvalue weighted by atomic mass is 16.3. The van der Waals surface area contributed by atoms with E-state index >= 15 is 0 Å². The average Bonchev–Trinajstić information content (AvgIpc) is 2.82. The normalized spacial score (nSPS) is 20.5. The molecule has 2 unspecified atom stereocenters. The maximum atomic E-state index is 9.14. The van der Waals surface area contributed by atoms with Gasteiger partial charge in [-0.25, -0.2) is 0 Å². The lowest BCUT2D eigenvalue weighted by molar-refractivity contribution is 0.267. The summed E-state index contributed by atoms with van der Waals surface area (Å²) in [6.45, 7) is 7.98. The van der Waals surface area contributed by atoms with Gasteiger partial charge in [-0.15, -0.1) is 0 Å². The summed E-state index contributed by atoms with van der Waals surface area (Å²) >= 11 is 0. The van der Waals surface area contributed by atoms with Crippen molar-refractivity contribution < 1.29 is 5.11 Å². The van der Waals surface area contributed by atoms with Crippen LogP contribution in [0.4, 0.5) is 0 Å². The van der Waals surface area contributed by atoms with Crippen molar-refractivity contribution in [3.8, 4) is 0 Å². The Morgan fingerprint density at radius 3 is 2.70 bits per heavy atom. The lowest BCUT2D eigenvalue weighted by Crippen LogP contribution is -2.26. The molecule has 1 aromatic heterocycles. The number of fused-ring (bicyclic) bond motifs is 1. The molecule has 2 atom stereocenters. The van der Waals surface area contributed by atoms with Crippen LogP contribution in [0.5, 0.6) is 0 Å². The average molecular weight is 313 g/mol. The van der Waals surface area contributed by atoms with E-state index in [0.717, 1.165) is 17.9 Å². The summed E-state index contributed by atoms with van der Waals surface area (Å²) in [5.74, 6) is 0.653. The Balaban J connectivity index is 1.76. The molecule has 3 rings (SSSR count). The zero-order chi connectivity index (χ0) is 16.4. The Kier molecular flexibility index (Phi) is 4.83. The summed E-state index contributed by atoms with van der Waals surface area (Å²) in [7, 11) is 0. The molecule has 4 heteroatoms. The molecule has 1 aliphatic carbocycles. The predicted octanol–water partition coefficient (Wildman–Crippen LogP) is 3.22. The number of aromatic nitrogens is 2. The smallest absolute Gasteiger partial charge is 0.0644 e. The number of hydrogen-bond acceptors (Lipinski definition) is 3. The highest BCUT2D eigenvalue weighted by Gasteiger charge is 2.24. The molecule has 0 spiro atoms. The summed E-state index contributed by atoms with van der Waals surface area (Å²) in [5, 5.41) is 17.4. The van der Waals surface area contributed by atoms with Gasteiger partial charge in [-0.1, -0.05) is 31.2 Å². The number of nitrogens with one attached hydrogen (secondary N) is 1. The van der Waals surface area contributed by atoms with E-state index in [9.17, 15) is 0 Å². The molecule has 0 saturated carbocycles. The fraction of sp³-hybridized carbons (Fsp3) is 0.526. The van der Waals surface area contributed by atoms with Gasteiger partial charge in [0.25, 0.3) is 0 Å². The Hall–Kier alpha value is -1.65. The van der Waals surface area contributed by atoms with Gasteiger partial charge in [0.05, 0.1) is 18.8 Å². The lowest BCUT2D eigenvalue weighted by atomic mass is 9.81. The van der Waals surface area contributed by atoms with Gasteiger partial charge >= 0.3 is 0 Å². The topological polar surface area (TPSA) is 50.1 Å². The highest BCUT2D eigenvalue weighted by molar-refractivity contribution is 5.35. The molecule has 0 amide bonds. The van der Waals surface area contributed by atoms with Crippen LogP contribution < -0.4 is 5.32 Å². The minimum Gasteiger partial charge on any atom is -0.394 e. The van der Waals surface area contributed by atoms with Crippen molar-refractivity contribution in [2.75, 3.05) is 6.61 Å². The van der Waals surface area contributed by atoms with Gasteiger partial charge < -0.3 is 10.4 Å². The van der Waals surface area contributed by atoms with Gasteiger partial charge in [0.1, 0.15) is 0 Å². The van der Waals surface area contributed by atoms with Crippen molar-refractivity contribution >= 4 is 0 Å². The molecule has 0 bridgehead atoms. The molecule has 0 aliphatic heterocycles. The van der Waals surface area contributed by atoms with Crippen LogP contribution in [0, 0.1) is 13.8 Å². The first-order valence-corrected chi connectivity index (χ1v) is 8.57. The van der Waals surface area contributed by atoms with E-state index in [-0.39, 0.29) is 6.61 Å². The largest absolute Gasteiger partial charge is 0.394 e. The molecule has 0 radical (unpaired) electrons. The molecular formula is C19H27N3O. The van der Waals surface area contributed by atoms with Crippen molar-refractivity contribution in [3.05, 3.63) is 52.3 Å². The lowest BCUT2D eigenvalue weighted by Gasteiger charge is -2.30. The summed E-state index contributed by atoms with van der Waals surface area (Å²) in [4.78, 5) is 0. The molecule has 23 heavy (non-hydrogen) atoms. The molecule has 0 saturated heterocycles. The molecule has 1 aromatic carbocycles. The van der Waals surface area contributed by atoms with E-state index in [1.54, 1.807) is 0 Å². The summed E-state index contributed by atoms with van der Waals surface area (Å²) in [6.07, 6.45) is 2.41. The predicted molar refractivity (Wildman–Crippen MR) is 92.5 cm³/mol. The Morgan fingerprint density at radius 2 is 1.96 bits per heavy atom. The third-order valence-electron chi connectivity index (χ3n) is 5.16. The Labute approximate surface area is 138 Å². The second-order valence-electron chi connectivity index (χ2n) is 6.64. The standard InChI is InChI=1S/C19H27N3O/c1-13-8-9-19(17-7-5-4-6-16(13)17)20-12-18-14(2)21-22(10-11-23)15(18)3/h4-7,13,19-20,23H,8-12H2,1-3H3. The molecule has 0 fully saturated rings. The SMILES string of the molecule is Cc1nn(CCO)c(C)c1CNC1CCC(C)c2ccccc21. The molecule has 2 aromatic rings. The van der Waals surface area contributed by atoms with E-state index in [1.165, 1.54) is 29.5 Å². The van der Waals surface area contributed by atoms with E-state index in [2.05, 4.69) is 55.5 Å². The second-order valence-corrected chi connectivity index (χ2v) is 6.64. The number of aryl methyl sites for hydroxylation is 1. The Morgan fingerprint density at radius 1 is 1.22 bits per heavy atom. The monoisotopic (exact) mass is 313 g/mol. The number of nitrogens with zero attached hydrogens (tertiary/aromatic N) is 2. The van der Waals surface area contributed by atoms with E-state index < -0.39 is 0 Å². The number of benzene rings is 1. The van der Waals surface area contributed by atoms with Crippen LogP contribution >= 0.6 is 0 Å². The molecule has 2 N–H and O–H groups in total. The van der Waals surface area contributed by atoms with Crippen LogP contribution in [-0.2, 0) is 13.1 Å². The van der Waals surface area contributed by atoms with Gasteiger partial charge in [-0.05, 0) is 43.7 Å². The molecule has 1 heterocycles. The van der Waals surface area contributed by atoms with Crippen LogP contribution in [0.25, 0.3) is 0 Å². The van der Waals surface area contributed by atoms with Gasteiger partial charge in [0, 0.05) is 23.8 Å². The quantitative estimate of drug-likeness (QED) is 0.891. The fourth-order valence-electron chi connectivity index (χ4n) is 3.74. The third-order valence-corrected chi connectivity index (χ3v) is 5.16. The molecule has 124 valence electrons. The molecular weight excluding hydrogens is 286 g/mol. The first-order valence-electron chi connectivity index (χ1n) is 8.57.